The molecular formula is C14H24N2O4. The van der Waals surface area contributed by atoms with Crippen LogP contribution in [0.15, 0.2) is 12.2 Å². The first-order chi connectivity index (χ1) is 9.43. The minimum Gasteiger partial charge on any atom is -0.395 e. The van der Waals surface area contributed by atoms with Crippen molar-refractivity contribution in [3.05, 3.63) is 22.3 Å². The van der Waals surface area contributed by atoms with E-state index in [2.05, 4.69) is 6.58 Å². The van der Waals surface area contributed by atoms with Crippen molar-refractivity contribution in [2.24, 2.45) is 17.6 Å². The molecule has 0 radical (unpaired) electrons. The number of hydrogen-bond donors (Lipinski definition) is 1. The van der Waals surface area contributed by atoms with Gasteiger partial charge < -0.3 is 10.5 Å². The van der Waals surface area contributed by atoms with Crippen LogP contribution in [0.4, 0.5) is 0 Å². The molecule has 0 aromatic carbocycles. The molecule has 1 aliphatic carbocycles. The molecule has 6 heteroatoms. The summed E-state index contributed by atoms with van der Waals surface area (Å²) < 4.78 is 4.85. The third-order valence-electron chi connectivity index (χ3n) is 3.95. The van der Waals surface area contributed by atoms with Crippen LogP contribution in [0.2, 0.25) is 0 Å². The van der Waals surface area contributed by atoms with E-state index in [1.807, 2.05) is 0 Å². The van der Waals surface area contributed by atoms with Gasteiger partial charge in [0.25, 0.3) is 0 Å². The molecule has 1 aliphatic rings. The Morgan fingerprint density at radius 2 is 1.95 bits per heavy atom. The molecule has 0 aromatic heterocycles. The van der Waals surface area contributed by atoms with E-state index >= 15 is 0 Å². The zero-order chi connectivity index (χ0) is 15.1. The van der Waals surface area contributed by atoms with E-state index in [1.54, 1.807) is 0 Å². The minimum atomic E-state index is -1.26. The van der Waals surface area contributed by atoms with E-state index in [0.717, 1.165) is 32.2 Å². The summed E-state index contributed by atoms with van der Waals surface area (Å²) in [5.41, 5.74) is 5.82. The number of carbonyl (C=O) groups is 1. The fourth-order valence-electron chi connectivity index (χ4n) is 2.57. The van der Waals surface area contributed by atoms with Gasteiger partial charge >= 0.3 is 12.2 Å². The number of hydrogen-bond acceptors (Lipinski definition) is 5. The summed E-state index contributed by atoms with van der Waals surface area (Å²) in [6.45, 7) is 5.63. The largest absolute Gasteiger partial charge is 0.395 e. The van der Waals surface area contributed by atoms with Gasteiger partial charge in [-0.05, 0) is 44.6 Å². The van der Waals surface area contributed by atoms with Crippen LogP contribution in [0.3, 0.4) is 0 Å². The summed E-state index contributed by atoms with van der Waals surface area (Å²) in [4.78, 5) is 21.7. The SMILES string of the molecule is C=C(C)C(=O)OC(CCC1CCC(CN)CC1)[N+](=O)[O-]. The molecule has 6 nitrogen and oxygen atoms in total. The fourth-order valence-corrected chi connectivity index (χ4v) is 2.57. The highest BCUT2D eigenvalue weighted by Crippen LogP contribution is 2.31. The van der Waals surface area contributed by atoms with E-state index in [-0.39, 0.29) is 12.0 Å². The predicted octanol–water partition coefficient (Wildman–Crippen LogP) is 2.25. The van der Waals surface area contributed by atoms with Gasteiger partial charge in [-0.15, -0.1) is 0 Å². The number of esters is 1. The highest BCUT2D eigenvalue weighted by Gasteiger charge is 2.28. The van der Waals surface area contributed by atoms with E-state index in [9.17, 15) is 14.9 Å². The predicted molar refractivity (Wildman–Crippen MR) is 75.4 cm³/mol. The van der Waals surface area contributed by atoms with Crippen molar-refractivity contribution in [1.29, 1.82) is 0 Å². The van der Waals surface area contributed by atoms with Gasteiger partial charge in [0.05, 0.1) is 11.3 Å². The molecule has 1 fully saturated rings. The summed E-state index contributed by atoms with van der Waals surface area (Å²) in [7, 11) is 0. The molecule has 1 saturated carbocycles. The second-order valence-electron chi connectivity index (χ2n) is 5.63. The van der Waals surface area contributed by atoms with E-state index in [4.69, 9.17) is 10.5 Å². The Hall–Kier alpha value is -1.43. The van der Waals surface area contributed by atoms with Crippen LogP contribution in [-0.2, 0) is 9.53 Å². The van der Waals surface area contributed by atoms with Gasteiger partial charge in [0.1, 0.15) is 0 Å². The Balaban J connectivity index is 2.38. The second kappa shape index (κ2) is 7.99. The summed E-state index contributed by atoms with van der Waals surface area (Å²) in [6, 6.07) is 0. The van der Waals surface area contributed by atoms with Crippen molar-refractivity contribution in [2.45, 2.75) is 51.7 Å². The quantitative estimate of drug-likeness (QED) is 0.254. The van der Waals surface area contributed by atoms with Gasteiger partial charge in [0.15, 0.2) is 0 Å². The number of carbonyl (C=O) groups excluding carboxylic acids is 1. The Labute approximate surface area is 119 Å². The third-order valence-corrected chi connectivity index (χ3v) is 3.95. The van der Waals surface area contributed by atoms with Crippen LogP contribution < -0.4 is 5.73 Å². The smallest absolute Gasteiger partial charge is 0.356 e. The number of nitro groups is 1. The summed E-state index contributed by atoms with van der Waals surface area (Å²) >= 11 is 0. The molecule has 0 amide bonds. The first kappa shape index (κ1) is 16.6. The molecule has 0 spiro atoms. The van der Waals surface area contributed by atoms with Gasteiger partial charge in [0, 0.05) is 5.57 Å². The lowest BCUT2D eigenvalue weighted by Gasteiger charge is -2.27. The van der Waals surface area contributed by atoms with Crippen molar-refractivity contribution in [3.8, 4) is 0 Å². The minimum absolute atomic E-state index is 0.181. The van der Waals surface area contributed by atoms with E-state index < -0.39 is 17.1 Å². The first-order valence-electron chi connectivity index (χ1n) is 7.14. The highest BCUT2D eigenvalue weighted by atomic mass is 16.7. The van der Waals surface area contributed by atoms with Crippen molar-refractivity contribution < 1.29 is 14.5 Å². The molecule has 1 atom stereocenters. The molecule has 0 saturated heterocycles. The molecule has 0 bridgehead atoms. The standard InChI is InChI=1S/C14H24N2O4/c1-10(2)14(17)20-13(16(18)19)8-7-11-3-5-12(9-15)6-4-11/h11-13H,1,3-9,15H2,2H3. The van der Waals surface area contributed by atoms with Crippen LogP contribution in [0.1, 0.15) is 45.4 Å². The van der Waals surface area contributed by atoms with Crippen molar-refractivity contribution >= 4 is 5.97 Å². The molecule has 0 aliphatic heterocycles. The zero-order valence-electron chi connectivity index (χ0n) is 12.0. The number of rotatable bonds is 7. The number of ether oxygens (including phenoxy) is 1. The van der Waals surface area contributed by atoms with Crippen molar-refractivity contribution in [2.75, 3.05) is 6.54 Å². The van der Waals surface area contributed by atoms with E-state index in [0.29, 0.717) is 18.3 Å². The first-order valence-corrected chi connectivity index (χ1v) is 7.14. The lowest BCUT2D eigenvalue weighted by Crippen LogP contribution is -2.28. The lowest BCUT2D eigenvalue weighted by atomic mass is 9.80. The van der Waals surface area contributed by atoms with Gasteiger partial charge in [-0.1, -0.05) is 19.4 Å². The van der Waals surface area contributed by atoms with Gasteiger partial charge in [-0.25, -0.2) is 4.79 Å². The van der Waals surface area contributed by atoms with Crippen molar-refractivity contribution in [1.82, 2.24) is 0 Å². The maximum absolute atomic E-state index is 11.4. The average molecular weight is 284 g/mol. The van der Waals surface area contributed by atoms with Gasteiger partial charge in [0.2, 0.25) is 0 Å². The summed E-state index contributed by atoms with van der Waals surface area (Å²) in [6.07, 6.45) is 4.02. The van der Waals surface area contributed by atoms with Crippen LogP contribution in [-0.4, -0.2) is 23.7 Å². The topological polar surface area (TPSA) is 95.5 Å². The maximum Gasteiger partial charge on any atom is 0.356 e. The van der Waals surface area contributed by atoms with Crippen molar-refractivity contribution in [3.63, 3.8) is 0 Å². The van der Waals surface area contributed by atoms with Crippen LogP contribution in [0.25, 0.3) is 0 Å². The monoisotopic (exact) mass is 284 g/mol. The average Bonchev–Trinajstić information content (AvgIpc) is 2.43. The Morgan fingerprint density at radius 3 is 2.40 bits per heavy atom. The Kier molecular flexibility index (Phi) is 6.64. The lowest BCUT2D eigenvalue weighted by molar-refractivity contribution is -0.569. The molecule has 1 rings (SSSR count). The number of nitrogens with zero attached hydrogens (tertiary/aromatic N) is 1. The molecule has 1 unspecified atom stereocenters. The Morgan fingerprint density at radius 1 is 1.40 bits per heavy atom. The number of nitrogens with two attached hydrogens (primary N) is 1. The fraction of sp³-hybridized carbons (Fsp3) is 0.786. The zero-order valence-corrected chi connectivity index (χ0v) is 12.0. The van der Waals surface area contributed by atoms with Crippen LogP contribution in [0.5, 0.6) is 0 Å². The van der Waals surface area contributed by atoms with Gasteiger partial charge in [-0.2, -0.15) is 0 Å². The van der Waals surface area contributed by atoms with Crippen LogP contribution >= 0.6 is 0 Å². The Bertz CT molecular complexity index is 362. The summed E-state index contributed by atoms with van der Waals surface area (Å²) in [5, 5.41) is 10.9. The molecular weight excluding hydrogens is 260 g/mol. The van der Waals surface area contributed by atoms with Crippen LogP contribution in [0, 0.1) is 22.0 Å². The normalized spacial score (nSPS) is 23.9. The van der Waals surface area contributed by atoms with Gasteiger partial charge in [-0.3, -0.25) is 10.1 Å². The highest BCUT2D eigenvalue weighted by molar-refractivity contribution is 5.86. The molecule has 0 heterocycles. The summed E-state index contributed by atoms with van der Waals surface area (Å²) in [5.74, 6) is 0.376. The molecule has 0 aromatic rings. The second-order valence-corrected chi connectivity index (χ2v) is 5.63. The molecule has 2 N–H and O–H groups in total. The molecule has 114 valence electrons. The molecule has 20 heavy (non-hydrogen) atoms. The maximum atomic E-state index is 11.4. The third kappa shape index (κ3) is 5.28. The van der Waals surface area contributed by atoms with E-state index in [1.165, 1.54) is 6.92 Å².